The number of nitrogens with zero attached hydrogens (tertiary/aromatic N) is 3. The van der Waals surface area contributed by atoms with Gasteiger partial charge in [0.05, 0.1) is 19.3 Å². The average Bonchev–Trinajstić information content (AvgIpc) is 2.92. The number of pyridine rings is 1. The number of rotatable bonds is 4. The van der Waals surface area contributed by atoms with E-state index < -0.39 is 5.76 Å². The Morgan fingerprint density at radius 2 is 1.96 bits per heavy atom. The van der Waals surface area contributed by atoms with Gasteiger partial charge in [0.2, 0.25) is 5.89 Å². The molecule has 1 aromatic carbocycles. The molecule has 0 amide bonds. The lowest BCUT2D eigenvalue weighted by molar-refractivity contribution is 0.406. The fraction of sp³-hybridized carbons (Fsp3) is 0.235. The van der Waals surface area contributed by atoms with Crippen LogP contribution in [0.25, 0.3) is 11.5 Å². The van der Waals surface area contributed by atoms with Crippen molar-refractivity contribution in [3.05, 3.63) is 63.9 Å². The van der Waals surface area contributed by atoms with Crippen molar-refractivity contribution in [3.63, 3.8) is 0 Å². The number of hydrogen-bond acceptors (Lipinski definition) is 5. The maximum atomic E-state index is 12.0. The fourth-order valence-electron chi connectivity index (χ4n) is 2.48. The van der Waals surface area contributed by atoms with Gasteiger partial charge in [0, 0.05) is 22.9 Å². The topological polar surface area (TPSA) is 70.2 Å². The van der Waals surface area contributed by atoms with E-state index in [9.17, 15) is 4.79 Å². The van der Waals surface area contributed by atoms with Crippen molar-refractivity contribution in [2.45, 2.75) is 20.4 Å². The first kappa shape index (κ1) is 15.0. The van der Waals surface area contributed by atoms with Gasteiger partial charge in [-0.1, -0.05) is 18.2 Å². The molecular weight excluding hydrogens is 294 g/mol. The van der Waals surface area contributed by atoms with E-state index in [0.29, 0.717) is 5.89 Å². The number of ether oxygens (including phenoxy) is 1. The Morgan fingerprint density at radius 3 is 2.65 bits per heavy atom. The van der Waals surface area contributed by atoms with Gasteiger partial charge in [-0.3, -0.25) is 4.98 Å². The molecule has 118 valence electrons. The Morgan fingerprint density at radius 1 is 1.22 bits per heavy atom. The zero-order valence-corrected chi connectivity index (χ0v) is 13.2. The highest BCUT2D eigenvalue weighted by Gasteiger charge is 2.14. The summed E-state index contributed by atoms with van der Waals surface area (Å²) in [4.78, 5) is 16.4. The van der Waals surface area contributed by atoms with Crippen LogP contribution in [-0.2, 0) is 6.54 Å². The summed E-state index contributed by atoms with van der Waals surface area (Å²) < 4.78 is 11.9. The predicted molar refractivity (Wildman–Crippen MR) is 85.6 cm³/mol. The van der Waals surface area contributed by atoms with Crippen molar-refractivity contribution in [1.82, 2.24) is 14.8 Å². The standard InChI is InChI=1S/C17H17N3O3/c1-11-9-18-14(12(2)15(11)22-3)10-20-17(21)23-16(19-20)13-7-5-4-6-8-13/h4-9H,10H2,1-3H3. The zero-order valence-electron chi connectivity index (χ0n) is 13.2. The molecule has 0 unspecified atom stereocenters. The minimum Gasteiger partial charge on any atom is -0.496 e. The van der Waals surface area contributed by atoms with Gasteiger partial charge in [0.15, 0.2) is 0 Å². The Hall–Kier alpha value is -2.89. The molecule has 0 atom stereocenters. The van der Waals surface area contributed by atoms with Crippen molar-refractivity contribution < 1.29 is 9.15 Å². The molecule has 0 aliphatic heterocycles. The summed E-state index contributed by atoms with van der Waals surface area (Å²) in [5, 5.41) is 4.25. The maximum absolute atomic E-state index is 12.0. The van der Waals surface area contributed by atoms with Gasteiger partial charge in [0.1, 0.15) is 5.75 Å². The SMILES string of the molecule is COc1c(C)cnc(Cn2nc(-c3ccccc3)oc2=O)c1C. The molecule has 3 rings (SSSR count). The van der Waals surface area contributed by atoms with Crippen LogP contribution in [0, 0.1) is 13.8 Å². The molecule has 0 saturated heterocycles. The molecule has 3 aromatic rings. The minimum atomic E-state index is -0.510. The van der Waals surface area contributed by atoms with Crippen LogP contribution in [-0.4, -0.2) is 21.9 Å². The molecule has 0 spiro atoms. The van der Waals surface area contributed by atoms with Crippen molar-refractivity contribution in [1.29, 1.82) is 0 Å². The minimum absolute atomic E-state index is 0.234. The molecule has 6 nitrogen and oxygen atoms in total. The van der Waals surface area contributed by atoms with Crippen LogP contribution >= 0.6 is 0 Å². The van der Waals surface area contributed by atoms with Crippen molar-refractivity contribution >= 4 is 0 Å². The Bertz CT molecular complexity index is 882. The summed E-state index contributed by atoms with van der Waals surface area (Å²) in [7, 11) is 1.62. The zero-order chi connectivity index (χ0) is 16.4. The molecule has 0 fully saturated rings. The molecule has 0 N–H and O–H groups in total. The molecule has 0 aliphatic rings. The van der Waals surface area contributed by atoms with Crippen LogP contribution in [0.15, 0.2) is 45.7 Å². The van der Waals surface area contributed by atoms with Crippen LogP contribution in [0.2, 0.25) is 0 Å². The summed E-state index contributed by atoms with van der Waals surface area (Å²) in [5.74, 6) is 0.562. The molecule has 0 saturated carbocycles. The molecule has 2 aromatic heterocycles. The quantitative estimate of drug-likeness (QED) is 0.740. The van der Waals surface area contributed by atoms with Gasteiger partial charge in [-0.25, -0.2) is 4.79 Å². The van der Waals surface area contributed by atoms with Gasteiger partial charge in [-0.15, -0.1) is 5.10 Å². The second kappa shape index (κ2) is 6.08. The van der Waals surface area contributed by atoms with E-state index in [1.165, 1.54) is 4.68 Å². The van der Waals surface area contributed by atoms with Gasteiger partial charge < -0.3 is 9.15 Å². The molecule has 2 heterocycles. The van der Waals surface area contributed by atoms with Crippen molar-refractivity contribution in [3.8, 4) is 17.2 Å². The lowest BCUT2D eigenvalue weighted by Gasteiger charge is -2.11. The van der Waals surface area contributed by atoms with Crippen molar-refractivity contribution in [2.75, 3.05) is 7.11 Å². The predicted octanol–water partition coefficient (Wildman–Crippen LogP) is 2.57. The third-order valence-electron chi connectivity index (χ3n) is 3.68. The van der Waals surface area contributed by atoms with Crippen molar-refractivity contribution in [2.24, 2.45) is 0 Å². The molecule has 0 aliphatic carbocycles. The Balaban J connectivity index is 1.96. The van der Waals surface area contributed by atoms with E-state index >= 15 is 0 Å². The molecule has 0 bridgehead atoms. The van der Waals surface area contributed by atoms with Gasteiger partial charge in [0.25, 0.3) is 0 Å². The van der Waals surface area contributed by atoms with Gasteiger partial charge >= 0.3 is 5.76 Å². The average molecular weight is 311 g/mol. The largest absolute Gasteiger partial charge is 0.496 e. The van der Waals surface area contributed by atoms with E-state index in [0.717, 1.165) is 28.1 Å². The second-order valence-corrected chi connectivity index (χ2v) is 5.24. The number of aromatic nitrogens is 3. The first-order valence-electron chi connectivity index (χ1n) is 7.22. The third kappa shape index (κ3) is 2.88. The van der Waals surface area contributed by atoms with E-state index in [-0.39, 0.29) is 6.54 Å². The molecule has 6 heteroatoms. The normalized spacial score (nSPS) is 10.7. The van der Waals surface area contributed by atoms with E-state index in [1.54, 1.807) is 13.3 Å². The lowest BCUT2D eigenvalue weighted by Crippen LogP contribution is -2.18. The third-order valence-corrected chi connectivity index (χ3v) is 3.68. The van der Waals surface area contributed by atoms with Crippen LogP contribution in [0.1, 0.15) is 16.8 Å². The first-order valence-corrected chi connectivity index (χ1v) is 7.22. The summed E-state index contributed by atoms with van der Waals surface area (Å²) in [5.41, 5.74) is 3.33. The van der Waals surface area contributed by atoms with Gasteiger partial charge in [-0.2, -0.15) is 4.68 Å². The van der Waals surface area contributed by atoms with Crippen LogP contribution in [0.3, 0.4) is 0 Å². The summed E-state index contributed by atoms with van der Waals surface area (Å²) in [6.07, 6.45) is 1.73. The van der Waals surface area contributed by atoms with Crippen LogP contribution < -0.4 is 10.5 Å². The highest BCUT2D eigenvalue weighted by atomic mass is 16.5. The second-order valence-electron chi connectivity index (χ2n) is 5.24. The lowest BCUT2D eigenvalue weighted by atomic mass is 10.1. The van der Waals surface area contributed by atoms with E-state index in [1.807, 2.05) is 44.2 Å². The Kier molecular flexibility index (Phi) is 3.97. The first-order chi connectivity index (χ1) is 11.1. The van der Waals surface area contributed by atoms with Crippen LogP contribution in [0.4, 0.5) is 0 Å². The summed E-state index contributed by atoms with van der Waals surface area (Å²) in [6, 6.07) is 9.31. The molecular formula is C17H17N3O3. The molecule has 0 radical (unpaired) electrons. The monoisotopic (exact) mass is 311 g/mol. The van der Waals surface area contributed by atoms with E-state index in [4.69, 9.17) is 9.15 Å². The van der Waals surface area contributed by atoms with E-state index in [2.05, 4.69) is 10.1 Å². The number of hydrogen-bond donors (Lipinski definition) is 0. The smallest absolute Gasteiger partial charge is 0.437 e. The highest BCUT2D eigenvalue weighted by Crippen LogP contribution is 2.24. The summed E-state index contributed by atoms with van der Waals surface area (Å²) in [6.45, 7) is 4.08. The van der Waals surface area contributed by atoms with Crippen LogP contribution in [0.5, 0.6) is 5.75 Å². The number of aryl methyl sites for hydroxylation is 1. The number of methoxy groups -OCH3 is 1. The number of benzene rings is 1. The maximum Gasteiger partial charge on any atom is 0.437 e. The highest BCUT2D eigenvalue weighted by molar-refractivity contribution is 5.51. The molecule has 23 heavy (non-hydrogen) atoms. The Labute approximate surface area is 133 Å². The summed E-state index contributed by atoms with van der Waals surface area (Å²) >= 11 is 0. The fourth-order valence-corrected chi connectivity index (χ4v) is 2.48. The van der Waals surface area contributed by atoms with Gasteiger partial charge in [-0.05, 0) is 26.0 Å².